The molecule has 3 aromatic rings. The van der Waals surface area contributed by atoms with E-state index in [9.17, 15) is 14.9 Å². The lowest BCUT2D eigenvalue weighted by atomic mass is 10.1. The summed E-state index contributed by atoms with van der Waals surface area (Å²) in [5.41, 5.74) is 2.94. The van der Waals surface area contributed by atoms with Crippen molar-refractivity contribution in [3.05, 3.63) is 98.6 Å². The first kappa shape index (κ1) is 22.8. The van der Waals surface area contributed by atoms with Crippen LogP contribution in [0.1, 0.15) is 16.7 Å². The van der Waals surface area contributed by atoms with Gasteiger partial charge < -0.3 is 14.8 Å². The third-order valence-electron chi connectivity index (χ3n) is 4.67. The first-order valence-electron chi connectivity index (χ1n) is 9.65. The fourth-order valence-corrected chi connectivity index (χ4v) is 3.11. The van der Waals surface area contributed by atoms with Gasteiger partial charge in [0.2, 0.25) is 5.91 Å². The largest absolute Gasteiger partial charge is 0.493 e. The lowest BCUT2D eigenvalue weighted by molar-refractivity contribution is -0.384. The molecule has 0 aromatic heterocycles. The second kappa shape index (κ2) is 10.5. The molecule has 0 aliphatic rings. The highest BCUT2D eigenvalue weighted by molar-refractivity contribution is 6.32. The topological polar surface area (TPSA) is 90.7 Å². The molecule has 164 valence electrons. The van der Waals surface area contributed by atoms with Gasteiger partial charge in [-0.3, -0.25) is 14.9 Å². The molecule has 3 aromatic carbocycles. The van der Waals surface area contributed by atoms with Gasteiger partial charge in [0.05, 0.1) is 12.0 Å². The SMILES string of the molecule is COc1cc(C=CC(=O)Nc2ccc(Cl)c([N+](=O)[O-])c2)ccc1OCc1ccccc1C. The van der Waals surface area contributed by atoms with Crippen LogP contribution < -0.4 is 14.8 Å². The molecule has 3 rings (SSSR count). The van der Waals surface area contributed by atoms with Gasteiger partial charge in [0, 0.05) is 17.8 Å². The van der Waals surface area contributed by atoms with Gasteiger partial charge in [0.15, 0.2) is 11.5 Å². The van der Waals surface area contributed by atoms with Gasteiger partial charge in [-0.1, -0.05) is 41.9 Å². The molecule has 0 saturated carbocycles. The Morgan fingerprint density at radius 2 is 1.91 bits per heavy atom. The predicted molar refractivity (Wildman–Crippen MR) is 124 cm³/mol. The minimum atomic E-state index is -0.608. The van der Waals surface area contributed by atoms with Crippen LogP contribution in [0.3, 0.4) is 0 Å². The molecule has 0 spiro atoms. The molecule has 0 unspecified atom stereocenters. The number of amides is 1. The van der Waals surface area contributed by atoms with Crippen LogP contribution in [0.25, 0.3) is 6.08 Å². The summed E-state index contributed by atoms with van der Waals surface area (Å²) >= 11 is 5.78. The number of benzene rings is 3. The predicted octanol–water partition coefficient (Wildman–Crippen LogP) is 5.80. The number of hydrogen-bond acceptors (Lipinski definition) is 5. The van der Waals surface area contributed by atoms with E-state index < -0.39 is 10.8 Å². The van der Waals surface area contributed by atoms with E-state index in [-0.39, 0.29) is 16.4 Å². The Morgan fingerprint density at radius 1 is 1.12 bits per heavy atom. The Kier molecular flexibility index (Phi) is 7.46. The van der Waals surface area contributed by atoms with Crippen molar-refractivity contribution in [2.24, 2.45) is 0 Å². The molecule has 0 aliphatic heterocycles. The minimum Gasteiger partial charge on any atom is -0.493 e. The van der Waals surface area contributed by atoms with Crippen LogP contribution in [-0.2, 0) is 11.4 Å². The lowest BCUT2D eigenvalue weighted by Crippen LogP contribution is -2.08. The monoisotopic (exact) mass is 452 g/mol. The van der Waals surface area contributed by atoms with Crippen LogP contribution in [0.2, 0.25) is 5.02 Å². The summed E-state index contributed by atoms with van der Waals surface area (Å²) in [4.78, 5) is 22.6. The highest BCUT2D eigenvalue weighted by atomic mass is 35.5. The normalized spacial score (nSPS) is 10.7. The summed E-state index contributed by atoms with van der Waals surface area (Å²) in [6.45, 7) is 2.44. The fourth-order valence-electron chi connectivity index (χ4n) is 2.92. The van der Waals surface area contributed by atoms with Crippen molar-refractivity contribution in [3.8, 4) is 11.5 Å². The molecule has 0 heterocycles. The maximum absolute atomic E-state index is 12.2. The van der Waals surface area contributed by atoms with E-state index in [4.69, 9.17) is 21.1 Å². The van der Waals surface area contributed by atoms with Gasteiger partial charge in [-0.05, 0) is 54.0 Å². The Hall–Kier alpha value is -3.84. The van der Waals surface area contributed by atoms with Crippen molar-refractivity contribution in [1.29, 1.82) is 0 Å². The van der Waals surface area contributed by atoms with Crippen molar-refractivity contribution >= 4 is 35.0 Å². The van der Waals surface area contributed by atoms with Gasteiger partial charge in [-0.25, -0.2) is 0 Å². The number of nitrogens with zero attached hydrogens (tertiary/aromatic N) is 1. The highest BCUT2D eigenvalue weighted by Gasteiger charge is 2.13. The molecular formula is C24H21ClN2O5. The van der Waals surface area contributed by atoms with Crippen molar-refractivity contribution in [2.45, 2.75) is 13.5 Å². The fraction of sp³-hybridized carbons (Fsp3) is 0.125. The van der Waals surface area contributed by atoms with Crippen LogP contribution in [0.15, 0.2) is 66.7 Å². The van der Waals surface area contributed by atoms with Crippen LogP contribution in [0.4, 0.5) is 11.4 Å². The maximum atomic E-state index is 12.2. The smallest absolute Gasteiger partial charge is 0.289 e. The van der Waals surface area contributed by atoms with Crippen LogP contribution >= 0.6 is 11.6 Å². The number of halogens is 1. The first-order chi connectivity index (χ1) is 15.4. The number of nitro benzene ring substituents is 1. The molecule has 0 fully saturated rings. The van der Waals surface area contributed by atoms with E-state index in [1.165, 1.54) is 24.3 Å². The van der Waals surface area contributed by atoms with Crippen LogP contribution in [-0.4, -0.2) is 17.9 Å². The van der Waals surface area contributed by atoms with Crippen molar-refractivity contribution in [1.82, 2.24) is 0 Å². The average Bonchev–Trinajstić information content (AvgIpc) is 2.78. The Bertz CT molecular complexity index is 1180. The molecule has 7 nitrogen and oxygen atoms in total. The number of nitro groups is 1. The standard InChI is InChI=1S/C24H21ClN2O5/c1-16-5-3-4-6-18(16)15-32-22-11-7-17(13-23(22)31-2)8-12-24(28)26-19-9-10-20(25)21(14-19)27(29)30/h3-14H,15H2,1-2H3,(H,26,28). The maximum Gasteiger partial charge on any atom is 0.289 e. The summed E-state index contributed by atoms with van der Waals surface area (Å²) in [5, 5.41) is 13.5. The zero-order chi connectivity index (χ0) is 23.1. The number of anilines is 1. The van der Waals surface area contributed by atoms with Crippen molar-refractivity contribution in [3.63, 3.8) is 0 Å². The molecule has 0 saturated heterocycles. The quantitative estimate of drug-likeness (QED) is 0.265. The zero-order valence-electron chi connectivity index (χ0n) is 17.5. The van der Waals surface area contributed by atoms with Gasteiger partial charge in [-0.2, -0.15) is 0 Å². The van der Waals surface area contributed by atoms with Gasteiger partial charge >= 0.3 is 0 Å². The second-order valence-electron chi connectivity index (χ2n) is 6.87. The zero-order valence-corrected chi connectivity index (χ0v) is 18.3. The summed E-state index contributed by atoms with van der Waals surface area (Å²) in [5.74, 6) is 0.681. The summed E-state index contributed by atoms with van der Waals surface area (Å²) in [7, 11) is 1.55. The number of rotatable bonds is 8. The Labute approximate surface area is 190 Å². The second-order valence-corrected chi connectivity index (χ2v) is 7.28. The molecule has 0 aliphatic carbocycles. The molecule has 1 N–H and O–H groups in total. The molecule has 0 bridgehead atoms. The van der Waals surface area contributed by atoms with E-state index >= 15 is 0 Å². The summed E-state index contributed by atoms with van der Waals surface area (Å²) < 4.78 is 11.3. The molecule has 8 heteroatoms. The number of nitrogens with one attached hydrogen (secondary N) is 1. The van der Waals surface area contributed by atoms with Gasteiger partial charge in [0.1, 0.15) is 11.6 Å². The van der Waals surface area contributed by atoms with Crippen LogP contribution in [0.5, 0.6) is 11.5 Å². The van der Waals surface area contributed by atoms with E-state index in [2.05, 4.69) is 5.32 Å². The third kappa shape index (κ3) is 5.86. The number of carbonyl (C=O) groups is 1. The number of hydrogen-bond donors (Lipinski definition) is 1. The molecule has 0 atom stereocenters. The number of methoxy groups -OCH3 is 1. The Morgan fingerprint density at radius 3 is 2.62 bits per heavy atom. The average molecular weight is 453 g/mol. The Balaban J connectivity index is 1.66. The van der Waals surface area contributed by atoms with Gasteiger partial charge in [0.25, 0.3) is 5.69 Å². The van der Waals surface area contributed by atoms with Gasteiger partial charge in [-0.15, -0.1) is 0 Å². The van der Waals surface area contributed by atoms with Crippen LogP contribution in [0, 0.1) is 17.0 Å². The van der Waals surface area contributed by atoms with E-state index in [0.29, 0.717) is 18.1 Å². The molecule has 0 radical (unpaired) electrons. The summed E-state index contributed by atoms with van der Waals surface area (Å²) in [6.07, 6.45) is 2.93. The van der Waals surface area contributed by atoms with E-state index in [1.807, 2.05) is 31.2 Å². The third-order valence-corrected chi connectivity index (χ3v) is 4.99. The van der Waals surface area contributed by atoms with Crippen molar-refractivity contribution in [2.75, 3.05) is 12.4 Å². The number of ether oxygens (including phenoxy) is 2. The number of carbonyl (C=O) groups excluding carboxylic acids is 1. The van der Waals surface area contributed by atoms with E-state index in [0.717, 1.165) is 16.7 Å². The first-order valence-corrected chi connectivity index (χ1v) is 10.0. The molecular weight excluding hydrogens is 432 g/mol. The molecule has 32 heavy (non-hydrogen) atoms. The van der Waals surface area contributed by atoms with Crippen molar-refractivity contribution < 1.29 is 19.2 Å². The highest BCUT2D eigenvalue weighted by Crippen LogP contribution is 2.30. The number of aryl methyl sites for hydroxylation is 1. The van der Waals surface area contributed by atoms with E-state index in [1.54, 1.807) is 31.4 Å². The minimum absolute atomic E-state index is 0.000342. The lowest BCUT2D eigenvalue weighted by Gasteiger charge is -2.12. The molecule has 1 amide bonds. The summed E-state index contributed by atoms with van der Waals surface area (Å²) in [6, 6.07) is 17.4.